The van der Waals surface area contributed by atoms with Gasteiger partial charge in [0, 0.05) is 6.20 Å². The highest BCUT2D eigenvalue weighted by Crippen LogP contribution is 2.30. The van der Waals surface area contributed by atoms with E-state index in [4.69, 9.17) is 0 Å². The van der Waals surface area contributed by atoms with E-state index in [0.717, 1.165) is 12.1 Å². The summed E-state index contributed by atoms with van der Waals surface area (Å²) in [4.78, 5) is 24.2. The van der Waals surface area contributed by atoms with Crippen LogP contribution in [-0.4, -0.2) is 11.3 Å². The van der Waals surface area contributed by atoms with E-state index in [1.54, 1.807) is 0 Å². The minimum Gasteiger partial charge on any atom is -0.328 e. The molecule has 0 radical (unpaired) electrons. The van der Waals surface area contributed by atoms with Crippen molar-refractivity contribution in [2.45, 2.75) is 6.18 Å². The van der Waals surface area contributed by atoms with Gasteiger partial charge in [-0.25, -0.2) is 0 Å². The van der Waals surface area contributed by atoms with Crippen molar-refractivity contribution in [3.63, 3.8) is 0 Å². The standard InChI is InChI=1S/C13H8F3NO2/c14-13(15,16)11-3-1-8(2-4-11)9-5-10(7-18)12(19)17-6-9/h1-7H,(H,17,19). The Morgan fingerprint density at radius 1 is 1.05 bits per heavy atom. The van der Waals surface area contributed by atoms with Crippen molar-refractivity contribution in [3.8, 4) is 11.1 Å². The average molecular weight is 267 g/mol. The third kappa shape index (κ3) is 2.73. The Labute approximate surface area is 105 Å². The first-order chi connectivity index (χ1) is 8.91. The highest BCUT2D eigenvalue weighted by atomic mass is 19.4. The lowest BCUT2D eigenvalue weighted by Gasteiger charge is -2.07. The number of H-pyrrole nitrogens is 1. The SMILES string of the molecule is O=Cc1cc(-c2ccc(C(F)(F)F)cc2)c[nH]c1=O. The molecule has 0 aliphatic heterocycles. The van der Waals surface area contributed by atoms with Crippen LogP contribution in [0.25, 0.3) is 11.1 Å². The van der Waals surface area contributed by atoms with Gasteiger partial charge in [0.05, 0.1) is 11.1 Å². The van der Waals surface area contributed by atoms with Crippen LogP contribution in [0.1, 0.15) is 15.9 Å². The number of carbonyl (C=O) groups is 1. The Hall–Kier alpha value is -2.37. The predicted octanol–water partition coefficient (Wildman–Crippen LogP) is 2.87. The summed E-state index contributed by atoms with van der Waals surface area (Å²) in [7, 11) is 0. The fourth-order valence-electron chi connectivity index (χ4n) is 1.61. The molecular formula is C13H8F3NO2. The highest BCUT2D eigenvalue weighted by molar-refractivity contribution is 5.77. The molecule has 0 spiro atoms. The second-order valence-electron chi connectivity index (χ2n) is 3.87. The zero-order chi connectivity index (χ0) is 14.0. The smallest absolute Gasteiger partial charge is 0.328 e. The maximum Gasteiger partial charge on any atom is 0.416 e. The number of aldehydes is 1. The lowest BCUT2D eigenvalue weighted by atomic mass is 10.0. The first-order valence-corrected chi connectivity index (χ1v) is 5.27. The summed E-state index contributed by atoms with van der Waals surface area (Å²) >= 11 is 0. The molecule has 0 amide bonds. The van der Waals surface area contributed by atoms with Crippen molar-refractivity contribution in [2.75, 3.05) is 0 Å². The normalized spacial score (nSPS) is 11.3. The molecule has 0 unspecified atom stereocenters. The van der Waals surface area contributed by atoms with Crippen LogP contribution in [0.15, 0.2) is 41.3 Å². The van der Waals surface area contributed by atoms with Crippen molar-refractivity contribution >= 4 is 6.29 Å². The maximum atomic E-state index is 12.4. The van der Waals surface area contributed by atoms with Crippen molar-refractivity contribution < 1.29 is 18.0 Å². The number of carbonyl (C=O) groups excluding carboxylic acids is 1. The molecule has 0 aliphatic carbocycles. The summed E-state index contributed by atoms with van der Waals surface area (Å²) in [5.74, 6) is 0. The van der Waals surface area contributed by atoms with E-state index in [-0.39, 0.29) is 5.56 Å². The van der Waals surface area contributed by atoms with Crippen molar-refractivity contribution in [2.24, 2.45) is 0 Å². The number of hydrogen-bond donors (Lipinski definition) is 1. The molecule has 0 saturated heterocycles. The number of hydrogen-bond acceptors (Lipinski definition) is 2. The molecule has 1 aromatic carbocycles. The quantitative estimate of drug-likeness (QED) is 0.850. The first kappa shape index (κ1) is 13.1. The fourth-order valence-corrected chi connectivity index (χ4v) is 1.61. The van der Waals surface area contributed by atoms with E-state index in [1.165, 1.54) is 24.4 Å². The van der Waals surface area contributed by atoms with Gasteiger partial charge in [-0.15, -0.1) is 0 Å². The Bertz CT molecular complexity index is 657. The van der Waals surface area contributed by atoms with Crippen LogP contribution in [-0.2, 0) is 6.18 Å². The number of aromatic amines is 1. The first-order valence-electron chi connectivity index (χ1n) is 5.27. The van der Waals surface area contributed by atoms with Gasteiger partial charge in [0.25, 0.3) is 5.56 Å². The largest absolute Gasteiger partial charge is 0.416 e. The Kier molecular flexibility index (Phi) is 3.25. The summed E-state index contributed by atoms with van der Waals surface area (Å²) in [6.45, 7) is 0. The van der Waals surface area contributed by atoms with Gasteiger partial charge in [-0.3, -0.25) is 9.59 Å². The third-order valence-electron chi connectivity index (χ3n) is 2.60. The number of pyridine rings is 1. The minimum absolute atomic E-state index is 0.0719. The number of nitrogens with one attached hydrogen (secondary N) is 1. The van der Waals surface area contributed by atoms with Crippen LogP contribution in [0.2, 0.25) is 0 Å². The van der Waals surface area contributed by atoms with Gasteiger partial charge in [0.2, 0.25) is 0 Å². The zero-order valence-corrected chi connectivity index (χ0v) is 9.49. The topological polar surface area (TPSA) is 49.9 Å². The van der Waals surface area contributed by atoms with Gasteiger partial charge in [0.1, 0.15) is 0 Å². The Balaban J connectivity index is 2.43. The van der Waals surface area contributed by atoms with Gasteiger partial charge in [0.15, 0.2) is 6.29 Å². The maximum absolute atomic E-state index is 12.4. The van der Waals surface area contributed by atoms with E-state index in [1.807, 2.05) is 0 Å². The van der Waals surface area contributed by atoms with Gasteiger partial charge in [-0.05, 0) is 29.3 Å². The van der Waals surface area contributed by atoms with Gasteiger partial charge in [-0.1, -0.05) is 12.1 Å². The molecular weight excluding hydrogens is 259 g/mol. The number of rotatable bonds is 2. The van der Waals surface area contributed by atoms with Crippen LogP contribution >= 0.6 is 0 Å². The fraction of sp³-hybridized carbons (Fsp3) is 0.0769. The van der Waals surface area contributed by atoms with Crippen LogP contribution in [0.5, 0.6) is 0 Å². The molecule has 0 bridgehead atoms. The van der Waals surface area contributed by atoms with Crippen molar-refractivity contribution in [3.05, 3.63) is 58.0 Å². The monoisotopic (exact) mass is 267 g/mol. The van der Waals surface area contributed by atoms with E-state index in [2.05, 4.69) is 4.98 Å². The molecule has 19 heavy (non-hydrogen) atoms. The number of alkyl halides is 3. The summed E-state index contributed by atoms with van der Waals surface area (Å²) in [6, 6.07) is 5.78. The minimum atomic E-state index is -4.39. The zero-order valence-electron chi connectivity index (χ0n) is 9.49. The highest BCUT2D eigenvalue weighted by Gasteiger charge is 2.29. The van der Waals surface area contributed by atoms with Crippen LogP contribution in [0, 0.1) is 0 Å². The van der Waals surface area contributed by atoms with Crippen LogP contribution < -0.4 is 5.56 Å². The van der Waals surface area contributed by atoms with Gasteiger partial charge >= 0.3 is 6.18 Å². The van der Waals surface area contributed by atoms with Crippen LogP contribution in [0.3, 0.4) is 0 Å². The summed E-state index contributed by atoms with van der Waals surface area (Å²) < 4.78 is 37.2. The molecule has 1 heterocycles. The molecule has 0 fully saturated rings. The summed E-state index contributed by atoms with van der Waals surface area (Å²) in [5, 5.41) is 0. The number of halogens is 3. The molecule has 2 rings (SSSR count). The van der Waals surface area contributed by atoms with Crippen molar-refractivity contribution in [1.82, 2.24) is 4.98 Å². The molecule has 98 valence electrons. The second-order valence-corrected chi connectivity index (χ2v) is 3.87. The summed E-state index contributed by atoms with van der Waals surface area (Å²) in [6.07, 6.45) is -2.65. The summed E-state index contributed by atoms with van der Waals surface area (Å²) in [5.41, 5.74) is -0.415. The lowest BCUT2D eigenvalue weighted by molar-refractivity contribution is -0.137. The molecule has 0 atom stereocenters. The molecule has 0 aliphatic rings. The van der Waals surface area contributed by atoms with E-state index < -0.39 is 17.3 Å². The third-order valence-corrected chi connectivity index (χ3v) is 2.60. The molecule has 6 heteroatoms. The van der Waals surface area contributed by atoms with Crippen LogP contribution in [0.4, 0.5) is 13.2 Å². The predicted molar refractivity (Wildman–Crippen MR) is 62.9 cm³/mol. The lowest BCUT2D eigenvalue weighted by Crippen LogP contribution is -2.10. The van der Waals surface area contributed by atoms with Crippen molar-refractivity contribution in [1.29, 1.82) is 0 Å². The second kappa shape index (κ2) is 4.72. The molecule has 1 N–H and O–H groups in total. The molecule has 0 saturated carbocycles. The number of aromatic nitrogens is 1. The van der Waals surface area contributed by atoms with Gasteiger partial charge in [-0.2, -0.15) is 13.2 Å². The molecule has 1 aromatic heterocycles. The van der Waals surface area contributed by atoms with Gasteiger partial charge < -0.3 is 4.98 Å². The Morgan fingerprint density at radius 2 is 1.68 bits per heavy atom. The van der Waals surface area contributed by atoms with E-state index >= 15 is 0 Å². The van der Waals surface area contributed by atoms with E-state index in [9.17, 15) is 22.8 Å². The molecule has 2 aromatic rings. The molecule has 3 nitrogen and oxygen atoms in total. The van der Waals surface area contributed by atoms with E-state index in [0.29, 0.717) is 17.4 Å². The number of benzene rings is 1. The Morgan fingerprint density at radius 3 is 2.21 bits per heavy atom. The average Bonchev–Trinajstić information content (AvgIpc) is 2.38.